The molecule has 32 heavy (non-hydrogen) atoms. The first-order valence-electron chi connectivity index (χ1n) is 10.6. The van der Waals surface area contributed by atoms with Gasteiger partial charge in [-0.1, -0.05) is 30.3 Å². The topological polar surface area (TPSA) is 65.5 Å². The molecule has 1 saturated heterocycles. The molecule has 3 aromatic rings. The lowest BCUT2D eigenvalue weighted by molar-refractivity contribution is 0.0766. The molecule has 0 bridgehead atoms. The van der Waals surface area contributed by atoms with Crippen LogP contribution in [0.5, 0.6) is 0 Å². The first-order valence-corrected chi connectivity index (χ1v) is 10.6. The average Bonchev–Trinajstić information content (AvgIpc) is 3.06. The Balaban J connectivity index is 1.38. The molecule has 0 spiro atoms. The predicted molar refractivity (Wildman–Crippen MR) is 123 cm³/mol. The Kier molecular flexibility index (Phi) is 6.44. The third kappa shape index (κ3) is 4.77. The number of amides is 2. The molecule has 6 nitrogen and oxygen atoms in total. The molecule has 1 aliphatic rings. The Morgan fingerprint density at radius 2 is 1.66 bits per heavy atom. The Labute approximate surface area is 186 Å². The fourth-order valence-corrected chi connectivity index (χ4v) is 3.82. The number of aromatic nitrogens is 1. The number of hydrogen-bond acceptors (Lipinski definition) is 4. The van der Waals surface area contributed by atoms with E-state index in [2.05, 4.69) is 15.2 Å². The number of anilines is 2. The van der Waals surface area contributed by atoms with Gasteiger partial charge in [0.2, 0.25) is 0 Å². The standard InChI is InChI=1S/C25H25FN4O2/c1-18-7-2-3-8-20(18)25(32)30-14-6-13-29(15-16-30)23-12-11-19(17-27-23)28-24(31)21-9-4-5-10-22(21)26/h2-5,7-12,17H,6,13-16H2,1H3,(H,28,31). The van der Waals surface area contributed by atoms with Crippen molar-refractivity contribution in [1.29, 1.82) is 0 Å². The van der Waals surface area contributed by atoms with E-state index in [-0.39, 0.29) is 11.5 Å². The van der Waals surface area contributed by atoms with Crippen LogP contribution in [0.1, 0.15) is 32.7 Å². The molecule has 1 fully saturated rings. The monoisotopic (exact) mass is 432 g/mol. The Bertz CT molecular complexity index is 1120. The molecule has 2 heterocycles. The van der Waals surface area contributed by atoms with Crippen molar-refractivity contribution in [3.63, 3.8) is 0 Å². The highest BCUT2D eigenvalue weighted by atomic mass is 19.1. The number of nitrogens with zero attached hydrogens (tertiary/aromatic N) is 3. The van der Waals surface area contributed by atoms with Crippen LogP contribution in [0.15, 0.2) is 66.9 Å². The summed E-state index contributed by atoms with van der Waals surface area (Å²) in [5.74, 6) is -0.245. The van der Waals surface area contributed by atoms with E-state index in [1.54, 1.807) is 24.4 Å². The molecule has 1 aromatic heterocycles. The minimum absolute atomic E-state index is 0.0116. The second-order valence-electron chi connectivity index (χ2n) is 7.79. The number of rotatable bonds is 4. The third-order valence-corrected chi connectivity index (χ3v) is 5.61. The molecule has 0 atom stereocenters. The summed E-state index contributed by atoms with van der Waals surface area (Å²) in [6.45, 7) is 4.71. The molecular weight excluding hydrogens is 407 g/mol. The quantitative estimate of drug-likeness (QED) is 0.673. The Hall–Kier alpha value is -3.74. The van der Waals surface area contributed by atoms with Gasteiger partial charge in [-0.15, -0.1) is 0 Å². The Morgan fingerprint density at radius 1 is 0.906 bits per heavy atom. The molecule has 4 rings (SSSR count). The van der Waals surface area contributed by atoms with Gasteiger partial charge in [0.25, 0.3) is 11.8 Å². The zero-order chi connectivity index (χ0) is 22.5. The highest BCUT2D eigenvalue weighted by Gasteiger charge is 2.22. The predicted octanol–water partition coefficient (Wildman–Crippen LogP) is 4.13. The minimum atomic E-state index is -0.566. The molecule has 0 radical (unpaired) electrons. The first kappa shape index (κ1) is 21.5. The van der Waals surface area contributed by atoms with E-state index in [1.165, 1.54) is 12.1 Å². The van der Waals surface area contributed by atoms with Gasteiger partial charge in [0, 0.05) is 31.7 Å². The summed E-state index contributed by atoms with van der Waals surface area (Å²) in [7, 11) is 0. The molecule has 0 unspecified atom stereocenters. The second-order valence-corrected chi connectivity index (χ2v) is 7.79. The minimum Gasteiger partial charge on any atom is -0.355 e. The van der Waals surface area contributed by atoms with Gasteiger partial charge in [0.15, 0.2) is 0 Å². The van der Waals surface area contributed by atoms with Gasteiger partial charge in [0.1, 0.15) is 11.6 Å². The summed E-state index contributed by atoms with van der Waals surface area (Å²) in [6.07, 6.45) is 2.40. The molecule has 1 N–H and O–H groups in total. The first-order chi connectivity index (χ1) is 15.5. The van der Waals surface area contributed by atoms with Gasteiger partial charge in [-0.05, 0) is 49.2 Å². The van der Waals surface area contributed by atoms with Crippen molar-refractivity contribution < 1.29 is 14.0 Å². The summed E-state index contributed by atoms with van der Waals surface area (Å²) in [5.41, 5.74) is 2.21. The van der Waals surface area contributed by atoms with Crippen LogP contribution in [-0.4, -0.2) is 47.9 Å². The van der Waals surface area contributed by atoms with Crippen molar-refractivity contribution >= 4 is 23.3 Å². The average molecular weight is 432 g/mol. The van der Waals surface area contributed by atoms with E-state index in [9.17, 15) is 14.0 Å². The lowest BCUT2D eigenvalue weighted by atomic mass is 10.1. The van der Waals surface area contributed by atoms with Crippen molar-refractivity contribution in [2.24, 2.45) is 0 Å². The summed E-state index contributed by atoms with van der Waals surface area (Å²) in [6, 6.07) is 17.1. The van der Waals surface area contributed by atoms with E-state index in [4.69, 9.17) is 0 Å². The molecule has 2 aromatic carbocycles. The number of benzene rings is 2. The Morgan fingerprint density at radius 3 is 2.38 bits per heavy atom. The van der Waals surface area contributed by atoms with Gasteiger partial charge >= 0.3 is 0 Å². The fraction of sp³-hybridized carbons (Fsp3) is 0.240. The third-order valence-electron chi connectivity index (χ3n) is 5.61. The normalized spacial score (nSPS) is 14.1. The van der Waals surface area contributed by atoms with Crippen molar-refractivity contribution in [2.75, 3.05) is 36.4 Å². The van der Waals surface area contributed by atoms with Crippen molar-refractivity contribution in [3.8, 4) is 0 Å². The van der Waals surface area contributed by atoms with E-state index >= 15 is 0 Å². The van der Waals surface area contributed by atoms with E-state index < -0.39 is 11.7 Å². The number of nitrogens with one attached hydrogen (secondary N) is 1. The lowest BCUT2D eigenvalue weighted by Crippen LogP contribution is -2.35. The van der Waals surface area contributed by atoms with E-state index in [0.717, 1.165) is 29.9 Å². The smallest absolute Gasteiger partial charge is 0.258 e. The van der Waals surface area contributed by atoms with Gasteiger partial charge in [0.05, 0.1) is 17.4 Å². The highest BCUT2D eigenvalue weighted by Crippen LogP contribution is 2.19. The van der Waals surface area contributed by atoms with Crippen LogP contribution in [0.4, 0.5) is 15.9 Å². The summed E-state index contributed by atoms with van der Waals surface area (Å²) >= 11 is 0. The zero-order valence-corrected chi connectivity index (χ0v) is 17.9. The van der Waals surface area contributed by atoms with Crippen molar-refractivity contribution in [1.82, 2.24) is 9.88 Å². The van der Waals surface area contributed by atoms with Gasteiger partial charge in [-0.3, -0.25) is 9.59 Å². The number of pyridine rings is 1. The van der Waals surface area contributed by atoms with Crippen molar-refractivity contribution in [3.05, 3.63) is 89.4 Å². The van der Waals surface area contributed by atoms with Crippen molar-refractivity contribution in [2.45, 2.75) is 13.3 Å². The number of aryl methyl sites for hydroxylation is 1. The van der Waals surface area contributed by atoms with Crippen LogP contribution in [0.3, 0.4) is 0 Å². The molecule has 7 heteroatoms. The second kappa shape index (κ2) is 9.60. The van der Waals surface area contributed by atoms with Crippen LogP contribution < -0.4 is 10.2 Å². The van der Waals surface area contributed by atoms with Crippen LogP contribution in [0.2, 0.25) is 0 Å². The number of carbonyl (C=O) groups is 2. The fourth-order valence-electron chi connectivity index (χ4n) is 3.82. The summed E-state index contributed by atoms with van der Waals surface area (Å²) in [5, 5.41) is 2.67. The van der Waals surface area contributed by atoms with Crippen LogP contribution in [0, 0.1) is 12.7 Å². The van der Waals surface area contributed by atoms with Crippen LogP contribution >= 0.6 is 0 Å². The largest absolute Gasteiger partial charge is 0.355 e. The SMILES string of the molecule is Cc1ccccc1C(=O)N1CCCN(c2ccc(NC(=O)c3ccccc3F)cn2)CC1. The molecule has 164 valence electrons. The maximum Gasteiger partial charge on any atom is 0.258 e. The lowest BCUT2D eigenvalue weighted by Gasteiger charge is -2.23. The number of hydrogen-bond donors (Lipinski definition) is 1. The summed E-state index contributed by atoms with van der Waals surface area (Å²) in [4.78, 5) is 33.7. The van der Waals surface area contributed by atoms with Crippen LogP contribution in [0.25, 0.3) is 0 Å². The molecule has 2 amide bonds. The van der Waals surface area contributed by atoms with Gasteiger partial charge < -0.3 is 15.1 Å². The van der Waals surface area contributed by atoms with E-state index in [1.807, 2.05) is 42.2 Å². The summed E-state index contributed by atoms with van der Waals surface area (Å²) < 4.78 is 13.8. The molecule has 1 aliphatic heterocycles. The number of halogens is 1. The highest BCUT2D eigenvalue weighted by molar-refractivity contribution is 6.04. The molecule has 0 aliphatic carbocycles. The van der Waals surface area contributed by atoms with Gasteiger partial charge in [-0.2, -0.15) is 0 Å². The van der Waals surface area contributed by atoms with E-state index in [0.29, 0.717) is 25.3 Å². The number of carbonyl (C=O) groups excluding carboxylic acids is 2. The molecule has 0 saturated carbocycles. The maximum atomic E-state index is 13.8. The van der Waals surface area contributed by atoms with Gasteiger partial charge in [-0.25, -0.2) is 9.37 Å². The van der Waals surface area contributed by atoms with Crippen LogP contribution in [-0.2, 0) is 0 Å². The zero-order valence-electron chi connectivity index (χ0n) is 17.9. The maximum absolute atomic E-state index is 13.8. The molecular formula is C25H25FN4O2.